The zero-order valence-corrected chi connectivity index (χ0v) is 11.4. The summed E-state index contributed by atoms with van der Waals surface area (Å²) in [5.41, 5.74) is -0.000629. The van der Waals surface area contributed by atoms with E-state index in [-0.39, 0.29) is 22.2 Å². The van der Waals surface area contributed by atoms with Crippen molar-refractivity contribution in [2.45, 2.75) is 6.54 Å². The second-order valence-corrected chi connectivity index (χ2v) is 4.64. The first kappa shape index (κ1) is 14.3. The Morgan fingerprint density at radius 2 is 2.20 bits per heavy atom. The lowest BCUT2D eigenvalue weighted by atomic mass is 10.1. The molecule has 2 rings (SSSR count). The lowest BCUT2D eigenvalue weighted by molar-refractivity contribution is -0.385. The molecule has 1 aromatic carbocycles. The van der Waals surface area contributed by atoms with Gasteiger partial charge in [0.1, 0.15) is 10.6 Å². The number of aromatic nitrogens is 2. The molecule has 0 radical (unpaired) electrons. The topological polar surface area (TPSA) is 101 Å². The van der Waals surface area contributed by atoms with Crippen molar-refractivity contribution in [3.05, 3.63) is 56.1 Å². The van der Waals surface area contributed by atoms with Gasteiger partial charge in [0.25, 0.3) is 5.91 Å². The average molecular weight is 315 g/mol. The van der Waals surface area contributed by atoms with Gasteiger partial charge in [0.2, 0.25) is 0 Å². The first-order chi connectivity index (χ1) is 9.49. The summed E-state index contributed by atoms with van der Waals surface area (Å²) in [5.74, 6) is -0.643. The van der Waals surface area contributed by atoms with Gasteiger partial charge in [0.05, 0.1) is 23.5 Å². The number of hydrogen-bond donors (Lipinski definition) is 2. The van der Waals surface area contributed by atoms with Crippen molar-refractivity contribution in [1.82, 2.24) is 15.3 Å². The van der Waals surface area contributed by atoms with Gasteiger partial charge in [-0.05, 0) is 12.1 Å². The molecule has 2 N–H and O–H groups in total. The molecule has 20 heavy (non-hydrogen) atoms. The maximum Gasteiger partial charge on any atom is 0.300 e. The number of halogens is 2. The zero-order valence-electron chi connectivity index (χ0n) is 9.89. The summed E-state index contributed by atoms with van der Waals surface area (Å²) in [6, 6.07) is 2.42. The van der Waals surface area contributed by atoms with Gasteiger partial charge in [0.15, 0.2) is 0 Å². The second-order valence-electron chi connectivity index (χ2n) is 3.80. The number of amides is 1. The van der Waals surface area contributed by atoms with Gasteiger partial charge in [-0.2, -0.15) is 0 Å². The Balaban J connectivity index is 2.26. The van der Waals surface area contributed by atoms with E-state index in [0.717, 1.165) is 0 Å². The molecule has 0 aliphatic carbocycles. The molecule has 0 saturated heterocycles. The van der Waals surface area contributed by atoms with Crippen LogP contribution in [-0.4, -0.2) is 20.8 Å². The first-order valence-corrected chi connectivity index (χ1v) is 6.13. The van der Waals surface area contributed by atoms with Gasteiger partial charge < -0.3 is 10.3 Å². The molecule has 0 aliphatic heterocycles. The lowest BCUT2D eigenvalue weighted by Crippen LogP contribution is -2.24. The van der Waals surface area contributed by atoms with Gasteiger partial charge in [-0.15, -0.1) is 0 Å². The first-order valence-electron chi connectivity index (χ1n) is 5.38. The molecular weight excluding hydrogens is 307 g/mol. The molecule has 104 valence electrons. The number of nitro groups is 1. The predicted molar refractivity (Wildman–Crippen MR) is 72.9 cm³/mol. The summed E-state index contributed by atoms with van der Waals surface area (Å²) < 4.78 is 0. The van der Waals surface area contributed by atoms with E-state index in [0.29, 0.717) is 5.69 Å². The fourth-order valence-corrected chi connectivity index (χ4v) is 2.14. The largest absolute Gasteiger partial charge is 0.347 e. The van der Waals surface area contributed by atoms with Gasteiger partial charge in [-0.25, -0.2) is 4.98 Å². The molecular formula is C11H8Cl2N4O3. The van der Waals surface area contributed by atoms with Gasteiger partial charge in [0, 0.05) is 11.2 Å². The van der Waals surface area contributed by atoms with Gasteiger partial charge >= 0.3 is 5.69 Å². The zero-order chi connectivity index (χ0) is 14.7. The van der Waals surface area contributed by atoms with Crippen LogP contribution in [0.1, 0.15) is 16.1 Å². The maximum absolute atomic E-state index is 12.0. The van der Waals surface area contributed by atoms with Crippen LogP contribution in [-0.2, 0) is 6.54 Å². The lowest BCUT2D eigenvalue weighted by Gasteiger charge is -2.06. The summed E-state index contributed by atoms with van der Waals surface area (Å²) in [4.78, 5) is 28.8. The third-order valence-electron chi connectivity index (χ3n) is 2.45. The van der Waals surface area contributed by atoms with Crippen molar-refractivity contribution >= 4 is 34.8 Å². The molecule has 1 amide bonds. The van der Waals surface area contributed by atoms with Crippen LogP contribution in [0.2, 0.25) is 10.0 Å². The number of nitrogens with zero attached hydrogens (tertiary/aromatic N) is 2. The fourth-order valence-electron chi connectivity index (χ4n) is 1.58. The standard InChI is InChI=1S/C11H8Cl2N4O3/c12-6-1-8(10(17(19)20)9(13)2-6)11(18)15-4-7-3-14-5-16-7/h1-3,5H,4H2,(H,14,16)(H,15,18). The average Bonchev–Trinajstić information content (AvgIpc) is 2.87. The summed E-state index contributed by atoms with van der Waals surface area (Å²) >= 11 is 11.5. The highest BCUT2D eigenvalue weighted by atomic mass is 35.5. The van der Waals surface area contributed by atoms with E-state index < -0.39 is 16.5 Å². The third-order valence-corrected chi connectivity index (χ3v) is 2.96. The molecule has 0 fully saturated rings. The minimum Gasteiger partial charge on any atom is -0.347 e. The third kappa shape index (κ3) is 3.06. The molecule has 7 nitrogen and oxygen atoms in total. The predicted octanol–water partition coefficient (Wildman–Crippen LogP) is 2.55. The van der Waals surface area contributed by atoms with Crippen LogP contribution < -0.4 is 5.32 Å². The van der Waals surface area contributed by atoms with Crippen molar-refractivity contribution < 1.29 is 9.72 Å². The second kappa shape index (κ2) is 5.89. The Labute approximate surface area is 123 Å². The molecule has 0 spiro atoms. The van der Waals surface area contributed by atoms with Gasteiger partial charge in [-0.1, -0.05) is 23.2 Å². The van der Waals surface area contributed by atoms with E-state index in [9.17, 15) is 14.9 Å². The van der Waals surface area contributed by atoms with E-state index in [2.05, 4.69) is 15.3 Å². The van der Waals surface area contributed by atoms with E-state index >= 15 is 0 Å². The quantitative estimate of drug-likeness (QED) is 0.668. The smallest absolute Gasteiger partial charge is 0.300 e. The van der Waals surface area contributed by atoms with Crippen LogP contribution in [0.25, 0.3) is 0 Å². The minimum absolute atomic E-state index is 0.146. The Morgan fingerprint density at radius 3 is 2.80 bits per heavy atom. The Kier molecular flexibility index (Phi) is 4.21. The Morgan fingerprint density at radius 1 is 1.45 bits per heavy atom. The summed E-state index contributed by atoms with van der Waals surface area (Å²) in [6.45, 7) is 0.153. The summed E-state index contributed by atoms with van der Waals surface area (Å²) in [5, 5.41) is 13.5. The number of carbonyl (C=O) groups is 1. The molecule has 9 heteroatoms. The van der Waals surface area contributed by atoms with E-state index in [1.54, 1.807) is 0 Å². The number of imidazole rings is 1. The van der Waals surface area contributed by atoms with Crippen molar-refractivity contribution in [3.8, 4) is 0 Å². The number of nitrogens with one attached hydrogen (secondary N) is 2. The van der Waals surface area contributed by atoms with E-state index in [1.165, 1.54) is 24.7 Å². The summed E-state index contributed by atoms with van der Waals surface area (Å²) in [6.07, 6.45) is 2.99. The van der Waals surface area contributed by atoms with Crippen molar-refractivity contribution in [2.75, 3.05) is 0 Å². The van der Waals surface area contributed by atoms with Crippen molar-refractivity contribution in [1.29, 1.82) is 0 Å². The number of nitro benzene ring substituents is 1. The monoisotopic (exact) mass is 314 g/mol. The fraction of sp³-hybridized carbons (Fsp3) is 0.0909. The van der Waals surface area contributed by atoms with Crippen molar-refractivity contribution in [3.63, 3.8) is 0 Å². The molecule has 0 saturated carbocycles. The molecule has 0 atom stereocenters. The van der Waals surface area contributed by atoms with Crippen LogP contribution in [0.5, 0.6) is 0 Å². The van der Waals surface area contributed by atoms with Crippen molar-refractivity contribution in [2.24, 2.45) is 0 Å². The molecule has 0 aliphatic rings. The molecule has 1 heterocycles. The number of aromatic amines is 1. The van der Waals surface area contributed by atoms with Crippen LogP contribution in [0.4, 0.5) is 5.69 Å². The highest BCUT2D eigenvalue weighted by Gasteiger charge is 2.24. The number of benzene rings is 1. The van der Waals surface area contributed by atoms with E-state index in [1.807, 2.05) is 0 Å². The van der Waals surface area contributed by atoms with Crippen LogP contribution in [0.3, 0.4) is 0 Å². The summed E-state index contributed by atoms with van der Waals surface area (Å²) in [7, 11) is 0. The number of hydrogen-bond acceptors (Lipinski definition) is 4. The number of H-pyrrole nitrogens is 1. The minimum atomic E-state index is -0.718. The molecule has 2 aromatic rings. The van der Waals surface area contributed by atoms with Crippen LogP contribution in [0, 0.1) is 10.1 Å². The van der Waals surface area contributed by atoms with Crippen LogP contribution >= 0.6 is 23.2 Å². The van der Waals surface area contributed by atoms with E-state index in [4.69, 9.17) is 23.2 Å². The normalized spacial score (nSPS) is 10.3. The van der Waals surface area contributed by atoms with Gasteiger partial charge in [-0.3, -0.25) is 14.9 Å². The highest BCUT2D eigenvalue weighted by Crippen LogP contribution is 2.31. The Bertz CT molecular complexity index is 658. The number of carbonyl (C=O) groups excluding carboxylic acids is 1. The molecule has 0 bridgehead atoms. The van der Waals surface area contributed by atoms with Crippen LogP contribution in [0.15, 0.2) is 24.7 Å². The highest BCUT2D eigenvalue weighted by molar-refractivity contribution is 6.37. The molecule has 1 aromatic heterocycles. The SMILES string of the molecule is O=C(NCc1cnc[nH]1)c1cc(Cl)cc(Cl)c1[N+](=O)[O-]. The maximum atomic E-state index is 12.0. The molecule has 0 unspecified atom stereocenters. The Hall–Kier alpha value is -2.12. The number of rotatable bonds is 4.